The van der Waals surface area contributed by atoms with Gasteiger partial charge in [0, 0.05) is 30.1 Å². The first-order valence-corrected chi connectivity index (χ1v) is 13.5. The second kappa shape index (κ2) is 9.24. The van der Waals surface area contributed by atoms with Crippen LogP contribution in [0.4, 0.5) is 0 Å². The van der Waals surface area contributed by atoms with Crippen molar-refractivity contribution in [3.63, 3.8) is 0 Å². The fraction of sp³-hybridized carbons (Fsp3) is 0.407. The number of piperidine rings is 1. The van der Waals surface area contributed by atoms with E-state index in [9.17, 15) is 18.0 Å². The molecule has 1 aliphatic carbocycles. The van der Waals surface area contributed by atoms with Gasteiger partial charge < -0.3 is 9.15 Å². The third-order valence-electron chi connectivity index (χ3n) is 7.32. The van der Waals surface area contributed by atoms with Crippen LogP contribution in [-0.4, -0.2) is 31.8 Å². The predicted octanol–water partition coefficient (Wildman–Crippen LogP) is 4.04. The first-order chi connectivity index (χ1) is 16.7. The Balaban J connectivity index is 1.24. The molecular formula is C27H29NO6S. The van der Waals surface area contributed by atoms with Crippen molar-refractivity contribution >= 4 is 27.0 Å². The molecular weight excluding hydrogens is 466 g/mol. The zero-order chi connectivity index (χ0) is 24.7. The Hall–Kier alpha value is -2.97. The maximum absolute atomic E-state index is 13.0. The number of esters is 1. The Morgan fingerprint density at radius 3 is 2.46 bits per heavy atom. The summed E-state index contributed by atoms with van der Waals surface area (Å²) in [6.45, 7) is 4.35. The third-order valence-corrected chi connectivity index (χ3v) is 9.21. The van der Waals surface area contributed by atoms with Crippen LogP contribution in [0.1, 0.15) is 47.1 Å². The van der Waals surface area contributed by atoms with Crippen LogP contribution in [0.2, 0.25) is 0 Å². The molecule has 1 aromatic heterocycles. The minimum atomic E-state index is -3.60. The fourth-order valence-electron chi connectivity index (χ4n) is 5.04. The molecule has 1 fully saturated rings. The van der Waals surface area contributed by atoms with E-state index in [2.05, 4.69) is 0 Å². The summed E-state index contributed by atoms with van der Waals surface area (Å²) >= 11 is 0. The molecule has 2 aliphatic rings. The molecule has 0 saturated carbocycles. The summed E-state index contributed by atoms with van der Waals surface area (Å²) in [5.41, 5.74) is 5.11. The van der Waals surface area contributed by atoms with Crippen molar-refractivity contribution in [3.8, 4) is 0 Å². The topological polar surface area (TPSA) is 93.9 Å². The highest BCUT2D eigenvalue weighted by atomic mass is 32.2. The second-order valence-corrected chi connectivity index (χ2v) is 11.5. The number of hydrogen-bond acceptors (Lipinski definition) is 6. The lowest BCUT2D eigenvalue weighted by Gasteiger charge is -2.30. The van der Waals surface area contributed by atoms with Gasteiger partial charge in [0.15, 0.2) is 0 Å². The summed E-state index contributed by atoms with van der Waals surface area (Å²) in [5, 5.41) is 0.798. The highest BCUT2D eigenvalue weighted by Crippen LogP contribution is 2.30. The largest absolute Gasteiger partial charge is 0.461 e. The number of fused-ring (bicyclic) bond motifs is 2. The summed E-state index contributed by atoms with van der Waals surface area (Å²) in [5.74, 6) is -0.743. The number of hydrogen-bond donors (Lipinski definition) is 0. The van der Waals surface area contributed by atoms with E-state index in [1.165, 1.54) is 21.5 Å². The number of benzene rings is 2. The lowest BCUT2D eigenvalue weighted by Crippen LogP contribution is -2.40. The molecule has 0 amide bonds. The summed E-state index contributed by atoms with van der Waals surface area (Å²) in [7, 11) is -3.60. The van der Waals surface area contributed by atoms with Crippen molar-refractivity contribution in [1.82, 2.24) is 4.31 Å². The van der Waals surface area contributed by atoms with E-state index in [1.807, 2.05) is 32.0 Å². The number of ether oxygens (including phenoxy) is 1. The van der Waals surface area contributed by atoms with Gasteiger partial charge >= 0.3 is 11.6 Å². The second-order valence-electron chi connectivity index (χ2n) is 9.59. The summed E-state index contributed by atoms with van der Waals surface area (Å²) < 4.78 is 38.5. The Kier molecular flexibility index (Phi) is 6.27. The number of sulfonamides is 1. The number of carbonyl (C=O) groups excluding carboxylic acids is 1. The first kappa shape index (κ1) is 23.8. The smallest absolute Gasteiger partial charge is 0.336 e. The van der Waals surface area contributed by atoms with Crippen LogP contribution in [0, 0.1) is 19.8 Å². The average molecular weight is 496 g/mol. The van der Waals surface area contributed by atoms with E-state index in [1.54, 1.807) is 12.1 Å². The third kappa shape index (κ3) is 4.65. The Labute approximate surface area is 204 Å². The van der Waals surface area contributed by atoms with Crippen LogP contribution in [0.15, 0.2) is 50.5 Å². The maximum Gasteiger partial charge on any atom is 0.336 e. The number of rotatable bonds is 5. The molecule has 1 aliphatic heterocycles. The van der Waals surface area contributed by atoms with Gasteiger partial charge in [-0.15, -0.1) is 0 Å². The van der Waals surface area contributed by atoms with Gasteiger partial charge in [-0.2, -0.15) is 4.31 Å². The Morgan fingerprint density at radius 2 is 1.74 bits per heavy atom. The molecule has 184 valence electrons. The minimum absolute atomic E-state index is 0.0130. The zero-order valence-electron chi connectivity index (χ0n) is 20.0. The standard InChI is InChI=1S/C27H29NO6S/c1-17-6-7-23(12-18(17)2)35(31,32)28-10-8-19(9-11-28)27(30)33-16-22-15-26(29)34-25-14-21-5-3-4-20(21)13-24(22)25/h6-7,12-15,19H,3-5,8-11,16H2,1-2H3. The molecule has 0 spiro atoms. The van der Waals surface area contributed by atoms with Gasteiger partial charge in [0.05, 0.1) is 10.8 Å². The molecule has 0 radical (unpaired) electrons. The quantitative estimate of drug-likeness (QED) is 0.392. The van der Waals surface area contributed by atoms with Gasteiger partial charge in [-0.3, -0.25) is 4.79 Å². The molecule has 8 heteroatoms. The van der Waals surface area contributed by atoms with E-state index in [4.69, 9.17) is 9.15 Å². The van der Waals surface area contributed by atoms with Crippen LogP contribution in [0.5, 0.6) is 0 Å². The van der Waals surface area contributed by atoms with Crippen molar-refractivity contribution < 1.29 is 22.4 Å². The molecule has 1 saturated heterocycles. The van der Waals surface area contributed by atoms with Gasteiger partial charge in [-0.05, 0) is 92.5 Å². The van der Waals surface area contributed by atoms with E-state index in [0.29, 0.717) is 24.0 Å². The van der Waals surface area contributed by atoms with Gasteiger partial charge in [0.25, 0.3) is 0 Å². The summed E-state index contributed by atoms with van der Waals surface area (Å²) in [6.07, 6.45) is 3.85. The predicted molar refractivity (Wildman–Crippen MR) is 132 cm³/mol. The normalized spacial score (nSPS) is 17.0. The number of aryl methyl sites for hydroxylation is 4. The highest BCUT2D eigenvalue weighted by molar-refractivity contribution is 7.89. The lowest BCUT2D eigenvalue weighted by atomic mass is 9.98. The van der Waals surface area contributed by atoms with Crippen molar-refractivity contribution in [2.24, 2.45) is 5.92 Å². The van der Waals surface area contributed by atoms with E-state index < -0.39 is 15.6 Å². The molecule has 0 N–H and O–H groups in total. The molecule has 5 rings (SSSR count). The molecule has 2 heterocycles. The summed E-state index contributed by atoms with van der Waals surface area (Å²) in [6, 6.07) is 10.5. The molecule has 0 atom stereocenters. The zero-order valence-corrected chi connectivity index (χ0v) is 20.8. The maximum atomic E-state index is 13.0. The molecule has 0 bridgehead atoms. The van der Waals surface area contributed by atoms with Gasteiger partial charge in [-0.25, -0.2) is 13.2 Å². The molecule has 2 aromatic carbocycles. The van der Waals surface area contributed by atoms with E-state index >= 15 is 0 Å². The van der Waals surface area contributed by atoms with Crippen LogP contribution in [0.25, 0.3) is 11.0 Å². The minimum Gasteiger partial charge on any atom is -0.461 e. The van der Waals surface area contributed by atoms with E-state index in [-0.39, 0.29) is 36.5 Å². The van der Waals surface area contributed by atoms with Crippen molar-refractivity contribution in [2.75, 3.05) is 13.1 Å². The fourth-order valence-corrected chi connectivity index (χ4v) is 6.59. The molecule has 0 unspecified atom stereocenters. The van der Waals surface area contributed by atoms with Crippen LogP contribution in [0.3, 0.4) is 0 Å². The van der Waals surface area contributed by atoms with Crippen molar-refractivity contribution in [3.05, 3.63) is 74.6 Å². The van der Waals surface area contributed by atoms with Crippen molar-refractivity contribution in [2.45, 2.75) is 57.5 Å². The van der Waals surface area contributed by atoms with Gasteiger partial charge in [-0.1, -0.05) is 6.07 Å². The van der Waals surface area contributed by atoms with Gasteiger partial charge in [0.1, 0.15) is 12.2 Å². The van der Waals surface area contributed by atoms with Gasteiger partial charge in [0.2, 0.25) is 10.0 Å². The summed E-state index contributed by atoms with van der Waals surface area (Å²) in [4.78, 5) is 25.1. The van der Waals surface area contributed by atoms with Crippen LogP contribution in [-0.2, 0) is 39.0 Å². The Morgan fingerprint density at radius 1 is 1.03 bits per heavy atom. The molecule has 3 aromatic rings. The lowest BCUT2D eigenvalue weighted by molar-refractivity contribution is -0.151. The highest BCUT2D eigenvalue weighted by Gasteiger charge is 2.33. The van der Waals surface area contributed by atoms with Crippen molar-refractivity contribution in [1.29, 1.82) is 0 Å². The Bertz CT molecular complexity index is 1470. The molecule has 35 heavy (non-hydrogen) atoms. The number of carbonyl (C=O) groups is 1. The monoisotopic (exact) mass is 495 g/mol. The number of nitrogens with zero attached hydrogens (tertiary/aromatic N) is 1. The molecule has 7 nitrogen and oxygen atoms in total. The van der Waals surface area contributed by atoms with Crippen LogP contribution < -0.4 is 5.63 Å². The average Bonchev–Trinajstić information content (AvgIpc) is 3.30. The van der Waals surface area contributed by atoms with E-state index in [0.717, 1.165) is 35.8 Å². The SMILES string of the molecule is Cc1ccc(S(=O)(=O)N2CCC(C(=O)OCc3cc(=O)oc4cc5c(cc34)CCC5)CC2)cc1C. The van der Waals surface area contributed by atoms with Crippen LogP contribution >= 0.6 is 0 Å². The first-order valence-electron chi connectivity index (χ1n) is 12.0.